The van der Waals surface area contributed by atoms with Crippen LogP contribution in [0.2, 0.25) is 0 Å². The Labute approximate surface area is 125 Å². The number of rotatable bonds is 3. The third-order valence-corrected chi connectivity index (χ3v) is 3.65. The molecule has 0 aliphatic carbocycles. The van der Waals surface area contributed by atoms with E-state index in [0.29, 0.717) is 30.6 Å². The van der Waals surface area contributed by atoms with Gasteiger partial charge in [0.25, 0.3) is 5.69 Å². The maximum absolute atomic E-state index is 11.3. The number of morpholine rings is 1. The first kappa shape index (κ1) is 14.2. The Morgan fingerprint density at radius 2 is 2.27 bits per heavy atom. The summed E-state index contributed by atoms with van der Waals surface area (Å²) in [5.41, 5.74) is 6.36. The molecular weight excluding hydrogens is 288 g/mol. The molecule has 1 aliphatic heterocycles. The van der Waals surface area contributed by atoms with Crippen molar-refractivity contribution in [3.8, 4) is 0 Å². The molecule has 1 fully saturated rings. The molecule has 22 heavy (non-hydrogen) atoms. The summed E-state index contributed by atoms with van der Waals surface area (Å²) < 4.78 is 5.33. The van der Waals surface area contributed by atoms with E-state index in [1.165, 1.54) is 12.3 Å². The van der Waals surface area contributed by atoms with Gasteiger partial charge in [0.15, 0.2) is 6.10 Å². The zero-order valence-electron chi connectivity index (χ0n) is 11.6. The molecule has 1 amide bonds. The molecule has 8 heteroatoms. The second kappa shape index (κ2) is 5.57. The lowest BCUT2D eigenvalue weighted by molar-refractivity contribution is -0.383. The third kappa shape index (κ3) is 2.44. The zero-order valence-corrected chi connectivity index (χ0v) is 11.6. The van der Waals surface area contributed by atoms with Gasteiger partial charge < -0.3 is 15.4 Å². The molecule has 0 spiro atoms. The maximum Gasteiger partial charge on any atom is 0.295 e. The van der Waals surface area contributed by atoms with Crippen LogP contribution in [-0.4, -0.2) is 41.6 Å². The number of carbonyl (C=O) groups excluding carboxylic acids is 1. The van der Waals surface area contributed by atoms with Crippen molar-refractivity contribution in [2.24, 2.45) is 5.73 Å². The van der Waals surface area contributed by atoms with Crippen molar-refractivity contribution < 1.29 is 14.5 Å². The normalized spacial score (nSPS) is 18.4. The Bertz CT molecular complexity index is 749. The molecule has 2 N–H and O–H groups in total. The van der Waals surface area contributed by atoms with Crippen molar-refractivity contribution in [2.75, 3.05) is 24.6 Å². The molecule has 114 valence electrons. The van der Waals surface area contributed by atoms with Crippen LogP contribution in [0.15, 0.2) is 30.5 Å². The van der Waals surface area contributed by atoms with Crippen LogP contribution in [0.25, 0.3) is 10.9 Å². The van der Waals surface area contributed by atoms with Gasteiger partial charge in [-0.1, -0.05) is 0 Å². The SMILES string of the molecule is NC(=O)C1CN(c2ccc([N+](=O)[O-])c3ncccc23)CCO1. The fourth-order valence-corrected chi connectivity index (χ4v) is 2.61. The van der Waals surface area contributed by atoms with Gasteiger partial charge in [0, 0.05) is 29.9 Å². The van der Waals surface area contributed by atoms with Gasteiger partial charge in [-0.05, 0) is 18.2 Å². The van der Waals surface area contributed by atoms with Crippen LogP contribution in [-0.2, 0) is 9.53 Å². The first-order valence-corrected chi connectivity index (χ1v) is 6.76. The number of carbonyl (C=O) groups is 1. The van der Waals surface area contributed by atoms with Crippen LogP contribution >= 0.6 is 0 Å². The molecule has 1 atom stereocenters. The summed E-state index contributed by atoms with van der Waals surface area (Å²) in [6, 6.07) is 6.60. The summed E-state index contributed by atoms with van der Waals surface area (Å²) in [6.07, 6.45) is 0.834. The Morgan fingerprint density at radius 3 is 3.00 bits per heavy atom. The number of aromatic nitrogens is 1. The molecular formula is C14H14N4O4. The number of nitro groups is 1. The van der Waals surface area contributed by atoms with Gasteiger partial charge in [-0.25, -0.2) is 4.98 Å². The van der Waals surface area contributed by atoms with Crippen LogP contribution in [0.1, 0.15) is 0 Å². The van der Waals surface area contributed by atoms with Crippen LogP contribution in [0.5, 0.6) is 0 Å². The predicted octanol–water partition coefficient (Wildman–Crippen LogP) is 0.833. The molecule has 2 heterocycles. The van der Waals surface area contributed by atoms with Crippen molar-refractivity contribution in [3.05, 3.63) is 40.6 Å². The first-order valence-electron chi connectivity index (χ1n) is 6.76. The minimum atomic E-state index is -0.685. The number of primary amides is 1. The number of fused-ring (bicyclic) bond motifs is 1. The smallest absolute Gasteiger partial charge is 0.295 e. The van der Waals surface area contributed by atoms with E-state index in [0.717, 1.165) is 5.69 Å². The minimum Gasteiger partial charge on any atom is -0.367 e. The first-order chi connectivity index (χ1) is 10.6. The number of anilines is 1. The number of hydrogen-bond acceptors (Lipinski definition) is 6. The number of benzene rings is 1. The van der Waals surface area contributed by atoms with Crippen LogP contribution < -0.4 is 10.6 Å². The minimum absolute atomic E-state index is 0.0425. The van der Waals surface area contributed by atoms with E-state index in [-0.39, 0.29) is 5.69 Å². The van der Waals surface area contributed by atoms with Crippen molar-refractivity contribution in [1.82, 2.24) is 4.98 Å². The van der Waals surface area contributed by atoms with E-state index in [1.54, 1.807) is 18.2 Å². The van der Waals surface area contributed by atoms with E-state index >= 15 is 0 Å². The maximum atomic E-state index is 11.3. The number of non-ortho nitro benzene ring substituents is 1. The van der Waals surface area contributed by atoms with E-state index < -0.39 is 16.9 Å². The van der Waals surface area contributed by atoms with Gasteiger partial charge in [0.2, 0.25) is 5.91 Å². The molecule has 8 nitrogen and oxygen atoms in total. The molecule has 1 aromatic carbocycles. The third-order valence-electron chi connectivity index (χ3n) is 3.65. The number of ether oxygens (including phenoxy) is 1. The number of nitrogens with zero attached hydrogens (tertiary/aromatic N) is 3. The van der Waals surface area contributed by atoms with Crippen molar-refractivity contribution in [3.63, 3.8) is 0 Å². The molecule has 0 radical (unpaired) electrons. The lowest BCUT2D eigenvalue weighted by atomic mass is 10.1. The number of nitrogens with two attached hydrogens (primary N) is 1. The summed E-state index contributed by atoms with van der Waals surface area (Å²) in [5.74, 6) is -0.519. The van der Waals surface area contributed by atoms with Crippen molar-refractivity contribution in [2.45, 2.75) is 6.10 Å². The monoisotopic (exact) mass is 302 g/mol. The number of amides is 1. The summed E-state index contributed by atoms with van der Waals surface area (Å²) in [4.78, 5) is 28.0. The second-order valence-electron chi connectivity index (χ2n) is 4.97. The molecule has 3 rings (SSSR count). The van der Waals surface area contributed by atoms with Gasteiger partial charge in [0.05, 0.1) is 18.1 Å². The number of pyridine rings is 1. The highest BCUT2D eigenvalue weighted by molar-refractivity contribution is 5.97. The average molecular weight is 302 g/mol. The molecule has 2 aromatic rings. The van der Waals surface area contributed by atoms with Gasteiger partial charge >= 0.3 is 0 Å². The summed E-state index contributed by atoms with van der Waals surface area (Å²) in [5, 5.41) is 11.8. The van der Waals surface area contributed by atoms with Crippen molar-refractivity contribution in [1.29, 1.82) is 0 Å². The fraction of sp³-hybridized carbons (Fsp3) is 0.286. The van der Waals surface area contributed by atoms with E-state index in [1.807, 2.05) is 4.90 Å². The number of hydrogen-bond donors (Lipinski definition) is 1. The van der Waals surface area contributed by atoms with Gasteiger partial charge in [-0.2, -0.15) is 0 Å². The van der Waals surface area contributed by atoms with E-state index in [4.69, 9.17) is 10.5 Å². The van der Waals surface area contributed by atoms with Gasteiger partial charge in [-0.15, -0.1) is 0 Å². The Balaban J connectivity index is 2.06. The highest BCUT2D eigenvalue weighted by Gasteiger charge is 2.27. The molecule has 0 bridgehead atoms. The molecule has 1 unspecified atom stereocenters. The highest BCUT2D eigenvalue weighted by atomic mass is 16.6. The molecule has 1 aromatic heterocycles. The summed E-state index contributed by atoms with van der Waals surface area (Å²) in [6.45, 7) is 1.26. The second-order valence-corrected chi connectivity index (χ2v) is 4.97. The largest absolute Gasteiger partial charge is 0.367 e. The Morgan fingerprint density at radius 1 is 1.45 bits per heavy atom. The predicted molar refractivity (Wildman–Crippen MR) is 79.5 cm³/mol. The van der Waals surface area contributed by atoms with Gasteiger partial charge in [-0.3, -0.25) is 14.9 Å². The molecule has 0 saturated carbocycles. The number of nitro benzene ring substituents is 1. The van der Waals surface area contributed by atoms with E-state index in [2.05, 4.69) is 4.98 Å². The standard InChI is InChI=1S/C14H14N4O4/c15-14(19)12-8-17(6-7-22-12)10-3-4-11(18(20)21)13-9(10)2-1-5-16-13/h1-5,12H,6-8H2,(H2,15,19). The summed E-state index contributed by atoms with van der Waals surface area (Å²) in [7, 11) is 0. The van der Waals surface area contributed by atoms with Crippen LogP contribution in [0.4, 0.5) is 11.4 Å². The van der Waals surface area contributed by atoms with Crippen LogP contribution in [0.3, 0.4) is 0 Å². The van der Waals surface area contributed by atoms with Crippen LogP contribution in [0, 0.1) is 10.1 Å². The van der Waals surface area contributed by atoms with E-state index in [9.17, 15) is 14.9 Å². The van der Waals surface area contributed by atoms with Gasteiger partial charge in [0.1, 0.15) is 5.52 Å². The fourth-order valence-electron chi connectivity index (χ4n) is 2.61. The Hall–Kier alpha value is -2.74. The zero-order chi connectivity index (χ0) is 15.7. The lowest BCUT2D eigenvalue weighted by Gasteiger charge is -2.33. The summed E-state index contributed by atoms with van der Waals surface area (Å²) >= 11 is 0. The topological polar surface area (TPSA) is 112 Å². The quantitative estimate of drug-likeness (QED) is 0.664. The lowest BCUT2D eigenvalue weighted by Crippen LogP contribution is -2.48. The van der Waals surface area contributed by atoms with Crippen molar-refractivity contribution >= 4 is 28.2 Å². The Kier molecular flexibility index (Phi) is 3.60. The average Bonchev–Trinajstić information content (AvgIpc) is 2.53. The highest BCUT2D eigenvalue weighted by Crippen LogP contribution is 2.32. The molecule has 1 saturated heterocycles. The molecule has 1 aliphatic rings.